The molecule has 0 unspecified atom stereocenters. The zero-order chi connectivity index (χ0) is 14.0. The van der Waals surface area contributed by atoms with E-state index in [2.05, 4.69) is 5.10 Å². The summed E-state index contributed by atoms with van der Waals surface area (Å²) in [6.45, 7) is 2.53. The smallest absolute Gasteiger partial charge is 0.134 e. The Morgan fingerprint density at radius 2 is 2.16 bits per heavy atom. The van der Waals surface area contributed by atoms with E-state index >= 15 is 0 Å². The van der Waals surface area contributed by atoms with Crippen LogP contribution in [0.1, 0.15) is 11.3 Å². The van der Waals surface area contributed by atoms with Gasteiger partial charge in [-0.25, -0.2) is 4.39 Å². The number of aromatic nitrogens is 2. The van der Waals surface area contributed by atoms with Crippen molar-refractivity contribution < 1.29 is 4.39 Å². The first-order valence-corrected chi connectivity index (χ1v) is 6.26. The minimum absolute atomic E-state index is 0.247. The van der Waals surface area contributed by atoms with Crippen LogP contribution in [0.2, 0.25) is 0 Å². The molecule has 0 spiro atoms. The number of nitrogens with zero attached hydrogens (tertiary/aromatic N) is 3. The highest BCUT2D eigenvalue weighted by molar-refractivity contribution is 5.63. The number of rotatable bonds is 4. The minimum Gasteiger partial charge on any atom is -0.330 e. The van der Waals surface area contributed by atoms with Gasteiger partial charge in [0.25, 0.3) is 0 Å². The van der Waals surface area contributed by atoms with Crippen LogP contribution in [0.3, 0.4) is 0 Å². The highest BCUT2D eigenvalue weighted by Gasteiger charge is 2.17. The molecular weight excluding hydrogens is 243 g/mol. The fourth-order valence-corrected chi connectivity index (χ4v) is 2.35. The molecule has 19 heavy (non-hydrogen) atoms. The molecule has 0 saturated carbocycles. The van der Waals surface area contributed by atoms with Gasteiger partial charge >= 0.3 is 0 Å². The summed E-state index contributed by atoms with van der Waals surface area (Å²) in [6.07, 6.45) is 0.759. The van der Waals surface area contributed by atoms with Gasteiger partial charge in [-0.05, 0) is 38.1 Å². The summed E-state index contributed by atoms with van der Waals surface area (Å²) < 4.78 is 15.1. The third-order valence-corrected chi connectivity index (χ3v) is 3.22. The Labute approximate surface area is 112 Å². The lowest BCUT2D eigenvalue weighted by atomic mass is 10.1. The van der Waals surface area contributed by atoms with Gasteiger partial charge in [0.2, 0.25) is 0 Å². The van der Waals surface area contributed by atoms with E-state index < -0.39 is 0 Å². The highest BCUT2D eigenvalue weighted by Crippen LogP contribution is 2.29. The van der Waals surface area contributed by atoms with Gasteiger partial charge in [-0.2, -0.15) is 5.10 Å². The van der Waals surface area contributed by atoms with Crippen molar-refractivity contribution in [2.75, 3.05) is 18.5 Å². The van der Waals surface area contributed by atoms with Gasteiger partial charge in [0.1, 0.15) is 11.6 Å². The fraction of sp³-hybridized carbons (Fsp3) is 0.357. The number of aryl methyl sites for hydroxylation is 2. The summed E-state index contributed by atoms with van der Waals surface area (Å²) in [7, 11) is 3.80. The molecule has 102 valence electrons. The Balaban J connectivity index is 2.46. The number of nitrogens with two attached hydrogens (primary N) is 1. The van der Waals surface area contributed by atoms with Crippen molar-refractivity contribution in [3.8, 4) is 0 Å². The average Bonchev–Trinajstić information content (AvgIpc) is 2.64. The maximum absolute atomic E-state index is 13.3. The Bertz CT molecular complexity index is 577. The zero-order valence-electron chi connectivity index (χ0n) is 11.5. The summed E-state index contributed by atoms with van der Waals surface area (Å²) in [5.41, 5.74) is 8.52. The first-order valence-electron chi connectivity index (χ1n) is 6.26. The largest absolute Gasteiger partial charge is 0.330 e. The van der Waals surface area contributed by atoms with Crippen LogP contribution in [0.15, 0.2) is 24.3 Å². The Morgan fingerprint density at radius 3 is 2.79 bits per heavy atom. The van der Waals surface area contributed by atoms with Crippen molar-refractivity contribution >= 4 is 11.5 Å². The highest BCUT2D eigenvalue weighted by atomic mass is 19.1. The number of hydrogen-bond acceptors (Lipinski definition) is 3. The Morgan fingerprint density at radius 1 is 1.42 bits per heavy atom. The van der Waals surface area contributed by atoms with Crippen molar-refractivity contribution in [2.24, 2.45) is 12.8 Å². The summed E-state index contributed by atoms with van der Waals surface area (Å²) in [5, 5.41) is 4.42. The van der Waals surface area contributed by atoms with Gasteiger partial charge in [-0.1, -0.05) is 6.07 Å². The quantitative estimate of drug-likeness (QED) is 0.918. The standard InChI is InChI=1S/C14H19FN4/c1-10-13(7-8-16)14(19(3)17-10)18(2)12-6-4-5-11(15)9-12/h4-6,9H,7-8,16H2,1-3H3. The molecule has 0 aliphatic carbocycles. The molecule has 0 atom stereocenters. The molecule has 2 rings (SSSR count). The monoisotopic (exact) mass is 262 g/mol. The normalized spacial score (nSPS) is 10.8. The second-order valence-corrected chi connectivity index (χ2v) is 4.59. The minimum atomic E-state index is -0.247. The van der Waals surface area contributed by atoms with Crippen LogP contribution in [0.25, 0.3) is 0 Å². The van der Waals surface area contributed by atoms with Crippen molar-refractivity contribution in [1.82, 2.24) is 9.78 Å². The third-order valence-electron chi connectivity index (χ3n) is 3.22. The van der Waals surface area contributed by atoms with Gasteiger partial charge in [0.05, 0.1) is 5.69 Å². The molecule has 5 heteroatoms. The summed E-state index contributed by atoms with van der Waals surface area (Å²) in [6, 6.07) is 6.52. The number of benzene rings is 1. The first kappa shape index (κ1) is 13.5. The lowest BCUT2D eigenvalue weighted by Crippen LogP contribution is -2.16. The topological polar surface area (TPSA) is 47.1 Å². The predicted octanol–water partition coefficient (Wildman–Crippen LogP) is 2.14. The summed E-state index contributed by atoms with van der Waals surface area (Å²) in [4.78, 5) is 1.94. The SMILES string of the molecule is Cc1nn(C)c(N(C)c2cccc(F)c2)c1CCN. The third kappa shape index (κ3) is 2.61. The molecule has 0 amide bonds. The maximum atomic E-state index is 13.3. The van der Waals surface area contributed by atoms with Crippen LogP contribution in [-0.2, 0) is 13.5 Å². The maximum Gasteiger partial charge on any atom is 0.134 e. The van der Waals surface area contributed by atoms with Crippen molar-refractivity contribution in [3.63, 3.8) is 0 Å². The summed E-state index contributed by atoms with van der Waals surface area (Å²) >= 11 is 0. The van der Waals surface area contributed by atoms with Gasteiger partial charge in [0.15, 0.2) is 0 Å². The lowest BCUT2D eigenvalue weighted by Gasteiger charge is -2.21. The molecule has 1 aromatic carbocycles. The molecule has 0 bridgehead atoms. The number of halogens is 1. The molecule has 1 heterocycles. The fourth-order valence-electron chi connectivity index (χ4n) is 2.35. The van der Waals surface area contributed by atoms with Gasteiger partial charge in [-0.15, -0.1) is 0 Å². The Kier molecular flexibility index (Phi) is 3.85. The molecule has 4 nitrogen and oxygen atoms in total. The van der Waals surface area contributed by atoms with E-state index in [1.54, 1.807) is 6.07 Å². The molecule has 2 N–H and O–H groups in total. The number of hydrogen-bond donors (Lipinski definition) is 1. The van der Waals surface area contributed by atoms with Gasteiger partial charge in [-0.3, -0.25) is 4.68 Å². The van der Waals surface area contributed by atoms with E-state index in [0.717, 1.165) is 29.2 Å². The van der Waals surface area contributed by atoms with Crippen LogP contribution in [0, 0.1) is 12.7 Å². The van der Waals surface area contributed by atoms with Crippen LogP contribution in [-0.4, -0.2) is 23.4 Å². The van der Waals surface area contributed by atoms with E-state index in [-0.39, 0.29) is 5.82 Å². The molecule has 2 aromatic rings. The number of anilines is 2. The molecule has 0 radical (unpaired) electrons. The van der Waals surface area contributed by atoms with E-state index in [1.165, 1.54) is 12.1 Å². The molecular formula is C14H19FN4. The second-order valence-electron chi connectivity index (χ2n) is 4.59. The molecule has 1 aromatic heterocycles. The molecule has 0 aliphatic rings. The van der Waals surface area contributed by atoms with Crippen molar-refractivity contribution in [2.45, 2.75) is 13.3 Å². The second kappa shape index (κ2) is 5.40. The lowest BCUT2D eigenvalue weighted by molar-refractivity contribution is 0.627. The van der Waals surface area contributed by atoms with Crippen LogP contribution >= 0.6 is 0 Å². The van der Waals surface area contributed by atoms with Gasteiger partial charge < -0.3 is 10.6 Å². The van der Waals surface area contributed by atoms with Crippen LogP contribution in [0.5, 0.6) is 0 Å². The van der Waals surface area contributed by atoms with Crippen LogP contribution in [0.4, 0.5) is 15.9 Å². The average molecular weight is 262 g/mol. The van der Waals surface area contributed by atoms with E-state index in [4.69, 9.17) is 5.73 Å². The zero-order valence-corrected chi connectivity index (χ0v) is 11.5. The van der Waals surface area contributed by atoms with E-state index in [0.29, 0.717) is 6.54 Å². The van der Waals surface area contributed by atoms with Crippen molar-refractivity contribution in [3.05, 3.63) is 41.3 Å². The molecule has 0 saturated heterocycles. The van der Waals surface area contributed by atoms with E-state index in [9.17, 15) is 4.39 Å². The molecule has 0 fully saturated rings. The summed E-state index contributed by atoms with van der Waals surface area (Å²) in [5.74, 6) is 0.706. The Hall–Kier alpha value is -1.88. The van der Waals surface area contributed by atoms with E-state index in [1.807, 2.05) is 36.7 Å². The molecule has 0 aliphatic heterocycles. The van der Waals surface area contributed by atoms with Crippen LogP contribution < -0.4 is 10.6 Å². The first-order chi connectivity index (χ1) is 9.04. The predicted molar refractivity (Wildman–Crippen MR) is 75.2 cm³/mol. The van der Waals surface area contributed by atoms with Gasteiger partial charge in [0, 0.05) is 25.3 Å². The van der Waals surface area contributed by atoms with Crippen molar-refractivity contribution in [1.29, 1.82) is 0 Å².